The second-order valence-electron chi connectivity index (χ2n) is 10.4. The summed E-state index contributed by atoms with van der Waals surface area (Å²) >= 11 is 0. The van der Waals surface area contributed by atoms with Crippen LogP contribution in [0, 0.1) is 17.3 Å². The number of hydrogen-bond acceptors (Lipinski definition) is 6. The number of allylic oxidation sites excluding steroid dienone is 4. The van der Waals surface area contributed by atoms with Gasteiger partial charge in [0.1, 0.15) is 18.9 Å². The molecule has 33 heavy (non-hydrogen) atoms. The van der Waals surface area contributed by atoms with Gasteiger partial charge in [-0.25, -0.2) is 8.78 Å². The third-order valence-corrected chi connectivity index (χ3v) is 8.20. The van der Waals surface area contributed by atoms with Crippen LogP contribution >= 0.6 is 0 Å². The maximum Gasteiger partial charge on any atom is 0.196 e. The first-order valence-electron chi connectivity index (χ1n) is 11.5. The predicted octanol–water partition coefficient (Wildman–Crippen LogP) is 2.92. The highest BCUT2D eigenvalue weighted by Crippen LogP contribution is 2.62. The van der Waals surface area contributed by atoms with Gasteiger partial charge in [0.2, 0.25) is 0 Å². The molecule has 0 aromatic rings. The monoisotopic (exact) mass is 466 g/mol. The number of halogens is 2. The van der Waals surface area contributed by atoms with Crippen LogP contribution in [0.15, 0.2) is 36.5 Å². The fourth-order valence-corrected chi connectivity index (χ4v) is 6.63. The second kappa shape index (κ2) is 7.90. The molecule has 1 heterocycles. The van der Waals surface area contributed by atoms with E-state index in [1.807, 2.05) is 0 Å². The minimum absolute atomic E-state index is 0.0610. The molecule has 6 nitrogen and oxygen atoms in total. The lowest BCUT2D eigenvalue weighted by Crippen LogP contribution is -2.65. The van der Waals surface area contributed by atoms with E-state index in [4.69, 9.17) is 9.47 Å². The molecular weight excluding hydrogens is 434 g/mol. The van der Waals surface area contributed by atoms with Gasteiger partial charge in [0, 0.05) is 11.3 Å². The summed E-state index contributed by atoms with van der Waals surface area (Å²) < 4.78 is 44.3. The van der Waals surface area contributed by atoms with Gasteiger partial charge in [-0.2, -0.15) is 0 Å². The smallest absolute Gasteiger partial charge is 0.196 e. The van der Waals surface area contributed by atoms with Crippen molar-refractivity contribution in [3.8, 4) is 0 Å². The molecule has 8 heteroatoms. The predicted molar refractivity (Wildman–Crippen MR) is 116 cm³/mol. The molecule has 4 aliphatic rings. The van der Waals surface area contributed by atoms with Crippen molar-refractivity contribution in [1.82, 2.24) is 0 Å². The summed E-state index contributed by atoms with van der Waals surface area (Å²) in [5, 5.41) is 20.4. The number of alkyl halides is 2. The highest BCUT2D eigenvalue weighted by molar-refractivity contribution is 6.01. The Morgan fingerprint density at radius 2 is 2.03 bits per heavy atom. The Balaban J connectivity index is 1.72. The molecule has 0 unspecified atom stereocenters. The molecule has 0 aromatic heterocycles. The first-order chi connectivity index (χ1) is 15.3. The Hall–Kier alpha value is -1.74. The van der Waals surface area contributed by atoms with E-state index < -0.39 is 70.9 Å². The van der Waals surface area contributed by atoms with Crippen LogP contribution in [0.3, 0.4) is 0 Å². The first kappa shape index (κ1) is 24.4. The molecule has 2 N–H and O–H groups in total. The average molecular weight is 467 g/mol. The zero-order valence-corrected chi connectivity index (χ0v) is 19.2. The molecule has 0 radical (unpaired) electrons. The second-order valence-corrected chi connectivity index (χ2v) is 10.4. The van der Waals surface area contributed by atoms with Gasteiger partial charge < -0.3 is 19.7 Å². The van der Waals surface area contributed by atoms with Gasteiger partial charge in [0.25, 0.3) is 0 Å². The van der Waals surface area contributed by atoms with Crippen LogP contribution in [0.5, 0.6) is 0 Å². The van der Waals surface area contributed by atoms with Gasteiger partial charge in [-0.3, -0.25) is 9.59 Å². The molecule has 2 saturated carbocycles. The van der Waals surface area contributed by atoms with E-state index >= 15 is 8.78 Å². The van der Waals surface area contributed by atoms with E-state index in [2.05, 4.69) is 6.58 Å². The summed E-state index contributed by atoms with van der Waals surface area (Å²) in [5.74, 6) is -3.47. The van der Waals surface area contributed by atoms with Crippen LogP contribution in [0.1, 0.15) is 46.5 Å². The van der Waals surface area contributed by atoms with Crippen LogP contribution in [0.4, 0.5) is 8.78 Å². The SMILES string of the molecule is C=C[C@@]1(C(=O)CO)OC(C)(C)O[C@@H]1C[C@@H]1CC[C@H](O)[C@@]2(F)[C@H]1C[C@H](F)C1=CC(=O)C=C[C@@]12C. The fraction of sp³-hybridized carbons (Fsp3) is 0.680. The lowest BCUT2D eigenvalue weighted by molar-refractivity contribution is -0.177. The Bertz CT molecular complexity index is 928. The van der Waals surface area contributed by atoms with Crippen molar-refractivity contribution < 1.29 is 38.1 Å². The van der Waals surface area contributed by atoms with Crippen molar-refractivity contribution in [3.63, 3.8) is 0 Å². The zero-order valence-electron chi connectivity index (χ0n) is 19.2. The van der Waals surface area contributed by atoms with Crippen molar-refractivity contribution in [2.75, 3.05) is 6.61 Å². The number of Topliss-reactive ketones (excluding diaryl/α,β-unsaturated/α-hetero) is 1. The summed E-state index contributed by atoms with van der Waals surface area (Å²) in [6, 6.07) is 0. The minimum atomic E-state index is -2.20. The van der Waals surface area contributed by atoms with Crippen molar-refractivity contribution in [3.05, 3.63) is 36.5 Å². The summed E-state index contributed by atoms with van der Waals surface area (Å²) in [5.41, 5.74) is -5.22. The maximum atomic E-state index is 17.0. The topological polar surface area (TPSA) is 93.1 Å². The molecule has 1 aliphatic heterocycles. The van der Waals surface area contributed by atoms with Gasteiger partial charge >= 0.3 is 0 Å². The van der Waals surface area contributed by atoms with E-state index in [1.165, 1.54) is 25.2 Å². The Labute approximate surface area is 192 Å². The summed E-state index contributed by atoms with van der Waals surface area (Å²) in [6.45, 7) is 7.76. The van der Waals surface area contributed by atoms with Gasteiger partial charge in [0.05, 0.1) is 6.10 Å². The number of carbonyl (C=O) groups is 2. The van der Waals surface area contributed by atoms with Crippen molar-refractivity contribution in [1.29, 1.82) is 0 Å². The highest BCUT2D eigenvalue weighted by atomic mass is 19.1. The molecule has 0 bridgehead atoms. The third kappa shape index (κ3) is 3.40. The molecule has 3 fully saturated rings. The van der Waals surface area contributed by atoms with Crippen LogP contribution < -0.4 is 0 Å². The van der Waals surface area contributed by atoms with Gasteiger partial charge in [0.15, 0.2) is 28.6 Å². The fourth-order valence-electron chi connectivity index (χ4n) is 6.63. The van der Waals surface area contributed by atoms with Crippen LogP contribution in [0.2, 0.25) is 0 Å². The number of hydrogen-bond donors (Lipinski definition) is 2. The molecule has 182 valence electrons. The Morgan fingerprint density at radius 1 is 1.33 bits per heavy atom. The van der Waals surface area contributed by atoms with Gasteiger partial charge in [-0.1, -0.05) is 12.7 Å². The van der Waals surface area contributed by atoms with E-state index in [0.29, 0.717) is 6.42 Å². The Kier molecular flexibility index (Phi) is 5.84. The number of rotatable bonds is 5. The summed E-state index contributed by atoms with van der Waals surface area (Å²) in [7, 11) is 0. The number of aliphatic hydroxyl groups is 2. The number of aliphatic hydroxyl groups excluding tert-OH is 2. The van der Waals surface area contributed by atoms with Crippen LogP contribution in [-0.2, 0) is 19.1 Å². The van der Waals surface area contributed by atoms with Crippen molar-refractivity contribution in [2.45, 2.75) is 81.9 Å². The number of fused-ring (bicyclic) bond motifs is 3. The molecule has 0 aromatic carbocycles. The minimum Gasteiger partial charge on any atom is -0.390 e. The number of ether oxygens (including phenoxy) is 2. The quantitative estimate of drug-likeness (QED) is 0.606. The summed E-state index contributed by atoms with van der Waals surface area (Å²) in [4.78, 5) is 24.6. The Morgan fingerprint density at radius 3 is 2.67 bits per heavy atom. The molecule has 3 aliphatic carbocycles. The molecule has 1 saturated heterocycles. The molecular formula is C25H32F2O6. The van der Waals surface area contributed by atoms with E-state index in [1.54, 1.807) is 13.8 Å². The lowest BCUT2D eigenvalue weighted by atomic mass is 9.48. The highest BCUT2D eigenvalue weighted by Gasteiger charge is 2.67. The van der Waals surface area contributed by atoms with E-state index in [0.717, 1.165) is 6.08 Å². The molecule has 0 spiro atoms. The maximum absolute atomic E-state index is 17.0. The van der Waals surface area contributed by atoms with Crippen LogP contribution in [0.25, 0.3) is 0 Å². The largest absolute Gasteiger partial charge is 0.390 e. The van der Waals surface area contributed by atoms with Gasteiger partial charge in [-0.15, -0.1) is 0 Å². The zero-order chi connectivity index (χ0) is 24.4. The van der Waals surface area contributed by atoms with Crippen LogP contribution in [-0.4, -0.2) is 63.8 Å². The van der Waals surface area contributed by atoms with Crippen molar-refractivity contribution >= 4 is 11.6 Å². The number of carbonyl (C=O) groups excluding carboxylic acids is 2. The van der Waals surface area contributed by atoms with E-state index in [9.17, 15) is 19.8 Å². The third-order valence-electron chi connectivity index (χ3n) is 8.20. The lowest BCUT2D eigenvalue weighted by Gasteiger charge is -2.59. The summed E-state index contributed by atoms with van der Waals surface area (Å²) in [6.07, 6.45) is 1.87. The standard InChI is InChI=1S/C25H32F2O6/c1-5-24(20(31)13-28)21(32-22(2,3)33-24)10-14-6-7-19(30)25(27)16(14)12-18(26)17-11-15(29)8-9-23(17,25)4/h5,8-9,11,14,16,18-19,21,28,30H,1,6-7,10,12-13H2,2-4H3/t14-,16-,18-,19-,21+,23-,24-,25-/m0/s1. The normalized spacial score (nSPS) is 46.3. The van der Waals surface area contributed by atoms with Crippen molar-refractivity contribution in [2.24, 2.45) is 17.3 Å². The number of ketones is 2. The molecule has 4 rings (SSSR count). The first-order valence-corrected chi connectivity index (χ1v) is 11.5. The van der Waals surface area contributed by atoms with E-state index in [-0.39, 0.29) is 24.8 Å². The van der Waals surface area contributed by atoms with Gasteiger partial charge in [-0.05, 0) is 76.2 Å². The molecule has 8 atom stereocenters. The molecule has 0 amide bonds. The average Bonchev–Trinajstić information content (AvgIpc) is 3.03.